The minimum atomic E-state index is -0.970. The van der Waals surface area contributed by atoms with Crippen molar-refractivity contribution in [2.45, 2.75) is 65.0 Å². The van der Waals surface area contributed by atoms with Crippen LogP contribution in [0.3, 0.4) is 0 Å². The molecule has 0 saturated heterocycles. The first-order valence-corrected chi connectivity index (χ1v) is 7.22. The molecule has 0 aliphatic heterocycles. The summed E-state index contributed by atoms with van der Waals surface area (Å²) < 4.78 is 0. The van der Waals surface area contributed by atoms with Crippen LogP contribution >= 0.6 is 0 Å². The van der Waals surface area contributed by atoms with Crippen molar-refractivity contribution in [2.24, 2.45) is 11.8 Å². The Kier molecular flexibility index (Phi) is 6.12. The highest BCUT2D eigenvalue weighted by Crippen LogP contribution is 2.28. The molecule has 0 aromatic carbocycles. The average molecular weight is 270 g/mol. The lowest BCUT2D eigenvalue weighted by atomic mass is 9.80. The van der Waals surface area contributed by atoms with E-state index < -0.39 is 12.0 Å². The molecule has 0 bridgehead atoms. The Bertz CT molecular complexity index is 310. The third-order valence-electron chi connectivity index (χ3n) is 3.69. The number of carboxylic acids is 1. The molecule has 0 aromatic rings. The third kappa shape index (κ3) is 5.49. The van der Waals surface area contributed by atoms with Crippen LogP contribution in [0.4, 0.5) is 4.79 Å². The SMILES string of the molecule is CCC[C@@H](NC(=O)NC1CC(C)CC(C)C1)C(=O)O. The van der Waals surface area contributed by atoms with Gasteiger partial charge in [0, 0.05) is 6.04 Å². The van der Waals surface area contributed by atoms with Crippen LogP contribution in [0.5, 0.6) is 0 Å². The monoisotopic (exact) mass is 270 g/mol. The van der Waals surface area contributed by atoms with Gasteiger partial charge in [0.1, 0.15) is 6.04 Å². The van der Waals surface area contributed by atoms with Crippen molar-refractivity contribution in [2.75, 3.05) is 0 Å². The highest BCUT2D eigenvalue weighted by molar-refractivity contribution is 5.82. The number of carboxylic acid groups (broad SMARTS) is 1. The standard InChI is InChI=1S/C14H26N2O3/c1-4-5-12(13(17)18)16-14(19)15-11-7-9(2)6-10(3)8-11/h9-12H,4-8H2,1-3H3,(H,17,18)(H2,15,16,19)/t9?,10?,11?,12-/m1/s1. The minimum absolute atomic E-state index is 0.162. The second kappa shape index (κ2) is 7.36. The van der Waals surface area contributed by atoms with E-state index in [1.165, 1.54) is 6.42 Å². The van der Waals surface area contributed by atoms with Crippen LogP contribution in [0.15, 0.2) is 0 Å². The van der Waals surface area contributed by atoms with E-state index in [1.807, 2.05) is 6.92 Å². The fourth-order valence-corrected chi connectivity index (χ4v) is 3.00. The van der Waals surface area contributed by atoms with Crippen molar-refractivity contribution in [1.29, 1.82) is 0 Å². The molecule has 3 N–H and O–H groups in total. The zero-order chi connectivity index (χ0) is 14.4. The maximum Gasteiger partial charge on any atom is 0.326 e. The summed E-state index contributed by atoms with van der Waals surface area (Å²) in [5.74, 6) is 0.252. The molecular weight excluding hydrogens is 244 g/mol. The van der Waals surface area contributed by atoms with Gasteiger partial charge in [-0.25, -0.2) is 9.59 Å². The normalized spacial score (nSPS) is 28.5. The second-order valence-corrected chi connectivity index (χ2v) is 5.91. The van der Waals surface area contributed by atoms with Gasteiger partial charge < -0.3 is 15.7 Å². The molecule has 2 unspecified atom stereocenters. The van der Waals surface area contributed by atoms with Gasteiger partial charge in [-0.2, -0.15) is 0 Å². The molecule has 1 rings (SSSR count). The summed E-state index contributed by atoms with van der Waals surface area (Å²) in [4.78, 5) is 22.8. The number of amides is 2. The molecule has 0 spiro atoms. The van der Waals surface area contributed by atoms with Crippen molar-refractivity contribution in [3.63, 3.8) is 0 Å². The van der Waals surface area contributed by atoms with Crippen molar-refractivity contribution >= 4 is 12.0 Å². The molecule has 0 heterocycles. The van der Waals surface area contributed by atoms with Crippen LogP contribution < -0.4 is 10.6 Å². The Hall–Kier alpha value is -1.26. The van der Waals surface area contributed by atoms with E-state index in [2.05, 4.69) is 24.5 Å². The predicted molar refractivity (Wildman–Crippen MR) is 74.0 cm³/mol. The van der Waals surface area contributed by atoms with Crippen LogP contribution in [0, 0.1) is 11.8 Å². The summed E-state index contributed by atoms with van der Waals surface area (Å²) in [7, 11) is 0. The molecule has 1 aliphatic rings. The molecule has 2 amide bonds. The summed E-state index contributed by atoms with van der Waals surface area (Å²) in [6.45, 7) is 6.29. The lowest BCUT2D eigenvalue weighted by Gasteiger charge is -2.32. The van der Waals surface area contributed by atoms with E-state index in [-0.39, 0.29) is 12.1 Å². The summed E-state index contributed by atoms with van der Waals surface area (Å²) in [6, 6.07) is -0.981. The van der Waals surface area contributed by atoms with E-state index in [0.717, 1.165) is 19.3 Å². The number of aliphatic carboxylic acids is 1. The maximum atomic E-state index is 11.8. The second-order valence-electron chi connectivity index (χ2n) is 5.91. The molecule has 1 saturated carbocycles. The van der Waals surface area contributed by atoms with Crippen molar-refractivity contribution in [3.05, 3.63) is 0 Å². The van der Waals surface area contributed by atoms with Gasteiger partial charge in [0.2, 0.25) is 0 Å². The fraction of sp³-hybridized carbons (Fsp3) is 0.857. The van der Waals surface area contributed by atoms with Crippen LogP contribution in [0.25, 0.3) is 0 Å². The van der Waals surface area contributed by atoms with Crippen LogP contribution in [-0.2, 0) is 4.79 Å². The number of carbonyl (C=O) groups is 2. The topological polar surface area (TPSA) is 78.4 Å². The Morgan fingerprint density at radius 1 is 1.21 bits per heavy atom. The molecule has 110 valence electrons. The summed E-state index contributed by atoms with van der Waals surface area (Å²) >= 11 is 0. The summed E-state index contributed by atoms with van der Waals surface area (Å²) in [6.07, 6.45) is 4.34. The Morgan fingerprint density at radius 3 is 2.26 bits per heavy atom. The average Bonchev–Trinajstić information content (AvgIpc) is 2.26. The minimum Gasteiger partial charge on any atom is -0.480 e. The maximum absolute atomic E-state index is 11.8. The van der Waals surface area contributed by atoms with Gasteiger partial charge in [0.15, 0.2) is 0 Å². The summed E-state index contributed by atoms with van der Waals surface area (Å²) in [5.41, 5.74) is 0. The first-order chi connectivity index (χ1) is 8.92. The van der Waals surface area contributed by atoms with E-state index in [9.17, 15) is 9.59 Å². The quantitative estimate of drug-likeness (QED) is 0.717. The number of carbonyl (C=O) groups excluding carboxylic acids is 1. The summed E-state index contributed by atoms with van der Waals surface area (Å²) in [5, 5.41) is 14.5. The first-order valence-electron chi connectivity index (χ1n) is 7.22. The van der Waals surface area contributed by atoms with Crippen LogP contribution in [0.2, 0.25) is 0 Å². The van der Waals surface area contributed by atoms with Crippen molar-refractivity contribution in [1.82, 2.24) is 10.6 Å². The third-order valence-corrected chi connectivity index (χ3v) is 3.69. The van der Waals surface area contributed by atoms with Gasteiger partial charge in [0.25, 0.3) is 0 Å². The molecule has 3 atom stereocenters. The number of hydrogen-bond acceptors (Lipinski definition) is 2. The highest BCUT2D eigenvalue weighted by Gasteiger charge is 2.26. The zero-order valence-electron chi connectivity index (χ0n) is 12.1. The van der Waals surface area contributed by atoms with Gasteiger partial charge in [-0.05, 0) is 37.5 Å². The Labute approximate surface area is 115 Å². The highest BCUT2D eigenvalue weighted by atomic mass is 16.4. The van der Waals surface area contributed by atoms with Gasteiger partial charge in [0.05, 0.1) is 0 Å². The lowest BCUT2D eigenvalue weighted by Crippen LogP contribution is -2.50. The zero-order valence-corrected chi connectivity index (χ0v) is 12.1. The van der Waals surface area contributed by atoms with Gasteiger partial charge in [-0.15, -0.1) is 0 Å². The van der Waals surface area contributed by atoms with Gasteiger partial charge >= 0.3 is 12.0 Å². The Morgan fingerprint density at radius 2 is 1.79 bits per heavy atom. The fourth-order valence-electron chi connectivity index (χ4n) is 3.00. The van der Waals surface area contributed by atoms with Crippen LogP contribution in [-0.4, -0.2) is 29.2 Å². The van der Waals surface area contributed by atoms with E-state index >= 15 is 0 Å². The number of urea groups is 1. The molecule has 5 nitrogen and oxygen atoms in total. The molecule has 1 fully saturated rings. The number of rotatable bonds is 5. The largest absolute Gasteiger partial charge is 0.480 e. The lowest BCUT2D eigenvalue weighted by molar-refractivity contribution is -0.139. The number of hydrogen-bond donors (Lipinski definition) is 3. The predicted octanol–water partition coefficient (Wildman–Crippen LogP) is 2.36. The van der Waals surface area contributed by atoms with Gasteiger partial charge in [-0.3, -0.25) is 0 Å². The van der Waals surface area contributed by atoms with Crippen LogP contribution in [0.1, 0.15) is 52.9 Å². The van der Waals surface area contributed by atoms with Crippen molar-refractivity contribution in [3.8, 4) is 0 Å². The molecule has 5 heteroatoms. The van der Waals surface area contributed by atoms with Crippen molar-refractivity contribution < 1.29 is 14.7 Å². The van der Waals surface area contributed by atoms with E-state index in [1.54, 1.807) is 0 Å². The molecule has 1 aliphatic carbocycles. The van der Waals surface area contributed by atoms with Gasteiger partial charge in [-0.1, -0.05) is 27.2 Å². The van der Waals surface area contributed by atoms with E-state index in [4.69, 9.17) is 5.11 Å². The number of nitrogens with one attached hydrogen (secondary N) is 2. The molecular formula is C14H26N2O3. The molecule has 0 radical (unpaired) electrons. The smallest absolute Gasteiger partial charge is 0.326 e. The van der Waals surface area contributed by atoms with E-state index in [0.29, 0.717) is 18.3 Å². The first kappa shape index (κ1) is 15.8. The Balaban J connectivity index is 2.43. The molecule has 0 aromatic heterocycles. The molecule has 19 heavy (non-hydrogen) atoms.